The monoisotopic (exact) mass is 652 g/mol. The van der Waals surface area contributed by atoms with Gasteiger partial charge in [0.15, 0.2) is 0 Å². The molecular weight excluding hydrogens is 599 g/mol. The van der Waals surface area contributed by atoms with Crippen LogP contribution in [0.4, 0.5) is 0 Å². The van der Waals surface area contributed by atoms with Crippen LogP contribution in [0.25, 0.3) is 0 Å². The topological polar surface area (TPSA) is 49.9 Å². The van der Waals surface area contributed by atoms with Gasteiger partial charge in [0.2, 0.25) is 0 Å². The maximum absolute atomic E-state index is 6.39. The molecule has 10 heteroatoms. The predicted molar refractivity (Wildman–Crippen MR) is 182 cm³/mol. The first-order chi connectivity index (χ1) is 21.4. The third-order valence-corrected chi connectivity index (χ3v) is 8.63. The largest absolute Gasteiger partial charge is 0.491 e. The number of likely N-dealkylation sites (N-methyl/N-ethyl adjacent to an activating group) is 4. The number of benzene rings is 2. The molecule has 248 valence electrons. The summed E-state index contributed by atoms with van der Waals surface area (Å²) in [6.07, 6.45) is 0. The van der Waals surface area contributed by atoms with Gasteiger partial charge in [0, 0.05) is 73.5 Å². The Morgan fingerprint density at radius 1 is 0.500 bits per heavy atom. The molecule has 8 nitrogen and oxygen atoms in total. The standard InChI is InChI=1S/C34H54Cl2N4O4/c1-5-37-13-14-38(6-2)16-18-40(8-4)28-30-26-32(36)10-12-34(30)44-24-22-42-20-19-41-21-23-43-33-11-9-31(35)25-29(33)27-39(7-3)17-15-37/h9-12,25-26H,5-8,13-24,27-28H2,1-4H3. The molecule has 0 radical (unpaired) electrons. The smallest absolute Gasteiger partial charge is 0.124 e. The molecule has 0 unspecified atom stereocenters. The zero-order valence-corrected chi connectivity index (χ0v) is 28.9. The molecular formula is C34H54Cl2N4O4. The fraction of sp³-hybridized carbons (Fsp3) is 0.647. The third kappa shape index (κ3) is 13.4. The molecule has 0 aliphatic carbocycles. The minimum Gasteiger partial charge on any atom is -0.491 e. The minimum atomic E-state index is 0.468. The van der Waals surface area contributed by atoms with Crippen molar-refractivity contribution in [2.24, 2.45) is 0 Å². The Balaban J connectivity index is 1.68. The van der Waals surface area contributed by atoms with Crippen LogP contribution in [0.5, 0.6) is 11.5 Å². The van der Waals surface area contributed by atoms with Crippen molar-refractivity contribution in [1.29, 1.82) is 0 Å². The fourth-order valence-corrected chi connectivity index (χ4v) is 5.64. The van der Waals surface area contributed by atoms with E-state index in [-0.39, 0.29) is 0 Å². The Labute approximate surface area is 276 Å². The van der Waals surface area contributed by atoms with Crippen molar-refractivity contribution < 1.29 is 18.9 Å². The molecule has 0 saturated carbocycles. The van der Waals surface area contributed by atoms with Crippen LogP contribution in [0.2, 0.25) is 10.0 Å². The number of fused-ring (bicyclic) bond motifs is 2. The molecule has 2 aromatic carbocycles. The lowest BCUT2D eigenvalue weighted by Gasteiger charge is -2.30. The number of hydrogen-bond acceptors (Lipinski definition) is 8. The maximum atomic E-state index is 6.39. The van der Waals surface area contributed by atoms with Crippen molar-refractivity contribution in [2.45, 2.75) is 40.8 Å². The molecule has 1 heterocycles. The first kappa shape index (κ1) is 36.8. The SMILES string of the molecule is CCN1CCN(CC)CCN(CC)Cc2cc(Cl)ccc2OCCOCCOCCOc2ccc(Cl)cc2CN(CC)CC1. The third-order valence-electron chi connectivity index (χ3n) is 8.16. The van der Waals surface area contributed by atoms with Crippen LogP contribution in [-0.2, 0) is 22.6 Å². The number of hydrogen-bond donors (Lipinski definition) is 0. The normalized spacial score (nSPS) is 19.4. The van der Waals surface area contributed by atoms with E-state index in [1.54, 1.807) is 0 Å². The van der Waals surface area contributed by atoms with Crippen molar-refractivity contribution in [1.82, 2.24) is 19.6 Å². The first-order valence-electron chi connectivity index (χ1n) is 16.3. The highest BCUT2D eigenvalue weighted by atomic mass is 35.5. The lowest BCUT2D eigenvalue weighted by molar-refractivity contribution is 0.0270. The summed E-state index contributed by atoms with van der Waals surface area (Å²) >= 11 is 12.8. The Kier molecular flexibility index (Phi) is 17.8. The number of nitrogens with zero attached hydrogens (tertiary/aromatic N) is 4. The van der Waals surface area contributed by atoms with E-state index in [0.717, 1.165) is 111 Å². The Bertz CT molecular complexity index is 996. The molecule has 0 amide bonds. The summed E-state index contributed by atoms with van der Waals surface area (Å²) in [6.45, 7) is 23.5. The van der Waals surface area contributed by atoms with Gasteiger partial charge in [0.25, 0.3) is 0 Å². The van der Waals surface area contributed by atoms with E-state index in [0.29, 0.717) is 39.6 Å². The van der Waals surface area contributed by atoms with E-state index in [9.17, 15) is 0 Å². The molecule has 1 aliphatic heterocycles. The van der Waals surface area contributed by atoms with Crippen LogP contribution in [-0.4, -0.2) is 125 Å². The Morgan fingerprint density at radius 2 is 0.841 bits per heavy atom. The van der Waals surface area contributed by atoms with E-state index in [1.807, 2.05) is 36.4 Å². The van der Waals surface area contributed by atoms with Crippen molar-refractivity contribution in [3.8, 4) is 11.5 Å². The van der Waals surface area contributed by atoms with Crippen molar-refractivity contribution in [2.75, 3.05) is 105 Å². The number of halogens is 2. The zero-order chi connectivity index (χ0) is 31.6. The quantitative estimate of drug-likeness (QED) is 0.412. The summed E-state index contributed by atoms with van der Waals surface area (Å²) in [6, 6.07) is 11.7. The number of ether oxygens (including phenoxy) is 4. The van der Waals surface area contributed by atoms with Gasteiger partial charge >= 0.3 is 0 Å². The molecule has 0 saturated heterocycles. The van der Waals surface area contributed by atoms with Gasteiger partial charge < -0.3 is 28.7 Å². The Morgan fingerprint density at radius 3 is 1.20 bits per heavy atom. The lowest BCUT2D eigenvalue weighted by Crippen LogP contribution is -2.41. The molecule has 0 fully saturated rings. The maximum Gasteiger partial charge on any atom is 0.124 e. The first-order valence-corrected chi connectivity index (χ1v) is 17.1. The highest BCUT2D eigenvalue weighted by molar-refractivity contribution is 6.31. The van der Waals surface area contributed by atoms with Crippen LogP contribution in [0.15, 0.2) is 36.4 Å². The lowest BCUT2D eigenvalue weighted by atomic mass is 10.2. The molecule has 2 aromatic rings. The van der Waals surface area contributed by atoms with E-state index in [4.69, 9.17) is 42.1 Å². The van der Waals surface area contributed by atoms with E-state index >= 15 is 0 Å². The second-order valence-corrected chi connectivity index (χ2v) is 11.9. The predicted octanol–water partition coefficient (Wildman–Crippen LogP) is 5.79. The van der Waals surface area contributed by atoms with Crippen molar-refractivity contribution in [3.05, 3.63) is 57.6 Å². The van der Waals surface area contributed by atoms with Gasteiger partial charge in [0.05, 0.1) is 26.4 Å². The van der Waals surface area contributed by atoms with Crippen LogP contribution < -0.4 is 9.47 Å². The van der Waals surface area contributed by atoms with Crippen molar-refractivity contribution in [3.63, 3.8) is 0 Å². The highest BCUT2D eigenvalue weighted by Gasteiger charge is 2.15. The van der Waals surface area contributed by atoms with E-state index < -0.39 is 0 Å². The van der Waals surface area contributed by atoms with Gasteiger partial charge in [0.1, 0.15) is 24.7 Å². The molecule has 44 heavy (non-hydrogen) atoms. The molecule has 0 N–H and O–H groups in total. The second-order valence-electron chi connectivity index (χ2n) is 11.0. The van der Waals surface area contributed by atoms with E-state index in [1.165, 1.54) is 0 Å². The van der Waals surface area contributed by atoms with Crippen molar-refractivity contribution >= 4 is 23.2 Å². The van der Waals surface area contributed by atoms with Gasteiger partial charge in [-0.25, -0.2) is 0 Å². The summed E-state index contributed by atoms with van der Waals surface area (Å²) in [4.78, 5) is 10.0. The van der Waals surface area contributed by atoms with Crippen LogP contribution >= 0.6 is 23.2 Å². The van der Waals surface area contributed by atoms with Gasteiger partial charge in [-0.05, 0) is 62.6 Å². The van der Waals surface area contributed by atoms with Crippen LogP contribution in [0.3, 0.4) is 0 Å². The van der Waals surface area contributed by atoms with Gasteiger partial charge in [-0.1, -0.05) is 50.9 Å². The highest BCUT2D eigenvalue weighted by Crippen LogP contribution is 2.26. The molecule has 3 rings (SSSR count). The zero-order valence-electron chi connectivity index (χ0n) is 27.4. The summed E-state index contributed by atoms with van der Waals surface area (Å²) < 4.78 is 23.7. The number of rotatable bonds is 4. The average Bonchev–Trinajstić information content (AvgIpc) is 3.03. The molecule has 0 atom stereocenters. The van der Waals surface area contributed by atoms with Gasteiger partial charge in [-0.15, -0.1) is 0 Å². The van der Waals surface area contributed by atoms with Crippen LogP contribution in [0, 0.1) is 0 Å². The molecule has 1 aliphatic rings. The molecule has 0 spiro atoms. The van der Waals surface area contributed by atoms with E-state index in [2.05, 4.69) is 47.3 Å². The van der Waals surface area contributed by atoms with Gasteiger partial charge in [-0.3, -0.25) is 9.80 Å². The average molecular weight is 654 g/mol. The summed E-state index contributed by atoms with van der Waals surface area (Å²) in [5, 5.41) is 1.45. The molecule has 0 aromatic heterocycles. The summed E-state index contributed by atoms with van der Waals surface area (Å²) in [7, 11) is 0. The summed E-state index contributed by atoms with van der Waals surface area (Å²) in [5.74, 6) is 1.72. The minimum absolute atomic E-state index is 0.468. The van der Waals surface area contributed by atoms with Crippen LogP contribution in [0.1, 0.15) is 38.8 Å². The summed E-state index contributed by atoms with van der Waals surface area (Å²) in [5.41, 5.74) is 2.21. The second kappa shape index (κ2) is 21.2. The molecule has 0 bridgehead atoms. The van der Waals surface area contributed by atoms with Gasteiger partial charge in [-0.2, -0.15) is 0 Å². The Hall–Kier alpha value is -1.62. The fourth-order valence-electron chi connectivity index (χ4n) is 5.25.